The maximum atomic E-state index is 12.9. The van der Waals surface area contributed by atoms with E-state index in [1.54, 1.807) is 0 Å². The van der Waals surface area contributed by atoms with E-state index in [2.05, 4.69) is 19.1 Å². The molecular formula is C39H42N2O4. The highest BCUT2D eigenvalue weighted by molar-refractivity contribution is 5.95. The number of hydrogen-bond donors (Lipinski definition) is 0. The van der Waals surface area contributed by atoms with Crippen molar-refractivity contribution in [3.05, 3.63) is 119 Å². The van der Waals surface area contributed by atoms with Crippen molar-refractivity contribution in [2.75, 3.05) is 26.2 Å². The van der Waals surface area contributed by atoms with Crippen LogP contribution in [0.15, 0.2) is 97.1 Å². The third kappa shape index (κ3) is 7.75. The molecule has 0 unspecified atom stereocenters. The number of carbonyl (C=O) groups excluding carboxylic acids is 2. The molecule has 4 aromatic carbocycles. The van der Waals surface area contributed by atoms with Gasteiger partial charge < -0.3 is 19.3 Å². The second-order valence-electron chi connectivity index (χ2n) is 12.5. The average molecular weight is 603 g/mol. The summed E-state index contributed by atoms with van der Waals surface area (Å²) in [6.45, 7) is 7.84. The Morgan fingerprint density at radius 3 is 1.64 bits per heavy atom. The van der Waals surface area contributed by atoms with Crippen LogP contribution in [0.25, 0.3) is 11.1 Å². The van der Waals surface area contributed by atoms with Gasteiger partial charge in [0.25, 0.3) is 11.8 Å². The van der Waals surface area contributed by atoms with E-state index in [0.717, 1.165) is 83.7 Å². The molecular weight excluding hydrogens is 560 g/mol. The molecule has 0 aliphatic carbocycles. The lowest BCUT2D eigenvalue weighted by Gasteiger charge is -2.32. The van der Waals surface area contributed by atoms with Gasteiger partial charge in [0.1, 0.15) is 24.2 Å². The van der Waals surface area contributed by atoms with Crippen LogP contribution in [0.4, 0.5) is 0 Å². The van der Waals surface area contributed by atoms with Gasteiger partial charge in [-0.1, -0.05) is 61.0 Å². The van der Waals surface area contributed by atoms with Crippen molar-refractivity contribution in [2.45, 2.75) is 52.2 Å². The Balaban J connectivity index is 0.947. The van der Waals surface area contributed by atoms with Crippen LogP contribution in [-0.4, -0.2) is 53.9 Å². The van der Waals surface area contributed by atoms with Crippen LogP contribution >= 0.6 is 0 Å². The molecule has 0 spiro atoms. The number of nitrogens with zero attached hydrogens (tertiary/aromatic N) is 2. The number of benzene rings is 4. The molecule has 0 atom stereocenters. The van der Waals surface area contributed by atoms with E-state index < -0.39 is 0 Å². The number of piperidine rings is 2. The first-order valence-electron chi connectivity index (χ1n) is 16.2. The molecule has 0 N–H and O–H groups in total. The lowest BCUT2D eigenvalue weighted by atomic mass is 9.98. The first-order chi connectivity index (χ1) is 21.9. The molecule has 2 aliphatic rings. The Morgan fingerprint density at radius 2 is 1.09 bits per heavy atom. The lowest BCUT2D eigenvalue weighted by Crippen LogP contribution is -2.41. The standard InChI is InChI=1S/C39H42N2O4/c1-28-3-7-33(8-4-28)38(42)41-25-21-37(22-26-41)45-36-15-5-30(6-16-36)27-44-35-17-13-32(14-18-35)31-9-11-34(12-10-31)39(43)40-23-19-29(2)20-24-40/h3-18,29,37H,19-27H2,1-2H3. The minimum atomic E-state index is 0.0945. The van der Waals surface area contributed by atoms with Crippen molar-refractivity contribution in [3.8, 4) is 22.6 Å². The molecule has 2 heterocycles. The second kappa shape index (κ2) is 14.0. The third-order valence-electron chi connectivity index (χ3n) is 9.05. The number of carbonyl (C=O) groups is 2. The molecule has 0 aromatic heterocycles. The fourth-order valence-electron chi connectivity index (χ4n) is 6.02. The SMILES string of the molecule is Cc1ccc(C(=O)N2CCC(Oc3ccc(COc4ccc(-c5ccc(C(=O)N6CCC(C)CC6)cc5)cc4)cc3)CC2)cc1. The topological polar surface area (TPSA) is 59.1 Å². The van der Waals surface area contributed by atoms with E-state index in [1.165, 1.54) is 0 Å². The average Bonchev–Trinajstić information content (AvgIpc) is 3.09. The smallest absolute Gasteiger partial charge is 0.253 e. The molecule has 0 radical (unpaired) electrons. The maximum absolute atomic E-state index is 12.9. The van der Waals surface area contributed by atoms with E-state index in [1.807, 2.05) is 102 Å². The van der Waals surface area contributed by atoms with Gasteiger partial charge in [-0.25, -0.2) is 0 Å². The Hall–Kier alpha value is -4.58. The molecule has 2 fully saturated rings. The molecule has 4 aromatic rings. The van der Waals surface area contributed by atoms with Gasteiger partial charge in [0.2, 0.25) is 0 Å². The molecule has 6 rings (SSSR count). The summed E-state index contributed by atoms with van der Waals surface area (Å²) >= 11 is 0. The number of ether oxygens (including phenoxy) is 2. The van der Waals surface area contributed by atoms with Gasteiger partial charge in [0, 0.05) is 50.1 Å². The van der Waals surface area contributed by atoms with Crippen LogP contribution in [-0.2, 0) is 6.61 Å². The number of amides is 2. The van der Waals surface area contributed by atoms with Crippen molar-refractivity contribution in [2.24, 2.45) is 5.92 Å². The Bertz CT molecular complexity index is 1560. The van der Waals surface area contributed by atoms with Crippen molar-refractivity contribution < 1.29 is 19.1 Å². The summed E-state index contributed by atoms with van der Waals surface area (Å²) in [7, 11) is 0. The maximum Gasteiger partial charge on any atom is 0.253 e. The molecule has 2 amide bonds. The van der Waals surface area contributed by atoms with Gasteiger partial charge >= 0.3 is 0 Å². The Morgan fingerprint density at radius 1 is 0.622 bits per heavy atom. The van der Waals surface area contributed by atoms with E-state index in [-0.39, 0.29) is 17.9 Å². The highest BCUT2D eigenvalue weighted by Crippen LogP contribution is 2.26. The van der Waals surface area contributed by atoms with Crippen molar-refractivity contribution in [1.29, 1.82) is 0 Å². The van der Waals surface area contributed by atoms with Crippen LogP contribution in [0.5, 0.6) is 11.5 Å². The number of rotatable bonds is 8. The minimum absolute atomic E-state index is 0.0945. The Kier molecular flexibility index (Phi) is 9.49. The number of likely N-dealkylation sites (tertiary alicyclic amines) is 2. The van der Waals surface area contributed by atoms with E-state index in [9.17, 15) is 9.59 Å². The van der Waals surface area contributed by atoms with Gasteiger partial charge in [0.05, 0.1) is 0 Å². The summed E-state index contributed by atoms with van der Waals surface area (Å²) in [6, 6.07) is 31.8. The van der Waals surface area contributed by atoms with Gasteiger partial charge in [-0.3, -0.25) is 9.59 Å². The second-order valence-corrected chi connectivity index (χ2v) is 12.5. The summed E-state index contributed by atoms with van der Waals surface area (Å²) in [5, 5.41) is 0. The van der Waals surface area contributed by atoms with Crippen molar-refractivity contribution >= 4 is 11.8 Å². The van der Waals surface area contributed by atoms with E-state index in [0.29, 0.717) is 25.6 Å². The van der Waals surface area contributed by atoms with Crippen LogP contribution in [0.3, 0.4) is 0 Å². The fraction of sp³-hybridized carbons (Fsp3) is 0.333. The summed E-state index contributed by atoms with van der Waals surface area (Å²) in [6.07, 6.45) is 3.90. The summed E-state index contributed by atoms with van der Waals surface area (Å²) in [5.41, 5.74) is 5.87. The quantitative estimate of drug-likeness (QED) is 0.207. The zero-order valence-corrected chi connectivity index (χ0v) is 26.3. The highest BCUT2D eigenvalue weighted by atomic mass is 16.5. The molecule has 45 heavy (non-hydrogen) atoms. The molecule has 2 saturated heterocycles. The third-order valence-corrected chi connectivity index (χ3v) is 9.05. The van der Waals surface area contributed by atoms with Crippen LogP contribution in [0.2, 0.25) is 0 Å². The summed E-state index contributed by atoms with van der Waals surface area (Å²) < 4.78 is 12.3. The van der Waals surface area contributed by atoms with Crippen LogP contribution < -0.4 is 9.47 Å². The normalized spacial score (nSPS) is 16.0. The van der Waals surface area contributed by atoms with Crippen LogP contribution in [0, 0.1) is 12.8 Å². The molecule has 6 heteroatoms. The van der Waals surface area contributed by atoms with Crippen molar-refractivity contribution in [1.82, 2.24) is 9.80 Å². The van der Waals surface area contributed by atoms with E-state index in [4.69, 9.17) is 9.47 Å². The minimum Gasteiger partial charge on any atom is -0.490 e. The van der Waals surface area contributed by atoms with E-state index >= 15 is 0 Å². The summed E-state index contributed by atoms with van der Waals surface area (Å²) in [5.74, 6) is 2.57. The predicted octanol–water partition coefficient (Wildman–Crippen LogP) is 7.80. The molecule has 0 bridgehead atoms. The predicted molar refractivity (Wildman–Crippen MR) is 178 cm³/mol. The number of aryl methyl sites for hydroxylation is 1. The molecule has 6 nitrogen and oxygen atoms in total. The lowest BCUT2D eigenvalue weighted by molar-refractivity contribution is 0.0595. The number of hydrogen-bond acceptors (Lipinski definition) is 4. The van der Waals surface area contributed by atoms with Gasteiger partial charge in [-0.15, -0.1) is 0 Å². The van der Waals surface area contributed by atoms with Crippen LogP contribution in [0.1, 0.15) is 64.4 Å². The van der Waals surface area contributed by atoms with Crippen molar-refractivity contribution in [3.63, 3.8) is 0 Å². The van der Waals surface area contributed by atoms with Gasteiger partial charge in [0.15, 0.2) is 0 Å². The zero-order chi connectivity index (χ0) is 31.2. The highest BCUT2D eigenvalue weighted by Gasteiger charge is 2.25. The first kappa shape index (κ1) is 30.4. The van der Waals surface area contributed by atoms with Gasteiger partial charge in [-0.2, -0.15) is 0 Å². The molecule has 2 aliphatic heterocycles. The zero-order valence-electron chi connectivity index (χ0n) is 26.3. The fourth-order valence-corrected chi connectivity index (χ4v) is 6.02. The molecule has 0 saturated carbocycles. The Labute approximate surface area is 266 Å². The largest absolute Gasteiger partial charge is 0.490 e. The van der Waals surface area contributed by atoms with Gasteiger partial charge in [-0.05, 0) is 90.9 Å². The first-order valence-corrected chi connectivity index (χ1v) is 16.2. The monoisotopic (exact) mass is 602 g/mol. The molecule has 232 valence electrons. The summed E-state index contributed by atoms with van der Waals surface area (Å²) in [4.78, 5) is 29.6.